The molecule has 1 fully saturated rings. The minimum absolute atomic E-state index is 0.0489. The van der Waals surface area contributed by atoms with Gasteiger partial charge in [-0.3, -0.25) is 4.79 Å². The van der Waals surface area contributed by atoms with Crippen LogP contribution >= 0.6 is 34.7 Å². The molecule has 2 heterocycles. The standard InChI is InChI=1S/C12H14ClNO4S2/c13-10-2-1-8(20-10)6-19-7-11(15)14-3-4-18-9(5-14)12(16)17/h1-2,9H,3-7H2,(H,16,17). The molecule has 1 aliphatic rings. The number of amides is 1. The fraction of sp³-hybridized carbons (Fsp3) is 0.500. The Morgan fingerprint density at radius 3 is 3.00 bits per heavy atom. The number of carbonyl (C=O) groups excluding carboxylic acids is 1. The molecular weight excluding hydrogens is 322 g/mol. The zero-order valence-corrected chi connectivity index (χ0v) is 13.0. The summed E-state index contributed by atoms with van der Waals surface area (Å²) in [6, 6.07) is 3.78. The summed E-state index contributed by atoms with van der Waals surface area (Å²) in [7, 11) is 0. The van der Waals surface area contributed by atoms with Gasteiger partial charge < -0.3 is 14.7 Å². The highest BCUT2D eigenvalue weighted by molar-refractivity contribution is 7.99. The van der Waals surface area contributed by atoms with Crippen molar-refractivity contribution in [3.63, 3.8) is 0 Å². The van der Waals surface area contributed by atoms with Crippen molar-refractivity contribution in [1.29, 1.82) is 0 Å². The molecule has 1 aromatic heterocycles. The number of thiophene rings is 1. The van der Waals surface area contributed by atoms with Gasteiger partial charge in [0, 0.05) is 17.2 Å². The van der Waals surface area contributed by atoms with Crippen LogP contribution in [-0.4, -0.2) is 53.4 Å². The van der Waals surface area contributed by atoms with E-state index in [-0.39, 0.29) is 19.1 Å². The highest BCUT2D eigenvalue weighted by Gasteiger charge is 2.28. The van der Waals surface area contributed by atoms with E-state index in [1.54, 1.807) is 4.90 Å². The van der Waals surface area contributed by atoms with Crippen LogP contribution in [0.2, 0.25) is 4.34 Å². The predicted octanol–water partition coefficient (Wildman–Crippen LogP) is 1.95. The van der Waals surface area contributed by atoms with Crippen LogP contribution in [0.25, 0.3) is 0 Å². The second kappa shape index (κ2) is 7.31. The average Bonchev–Trinajstić information content (AvgIpc) is 2.84. The van der Waals surface area contributed by atoms with Crippen LogP contribution < -0.4 is 0 Å². The molecule has 1 N–H and O–H groups in total. The summed E-state index contributed by atoms with van der Waals surface area (Å²) in [6.07, 6.45) is -0.909. The first-order valence-electron chi connectivity index (χ1n) is 6.00. The van der Waals surface area contributed by atoms with E-state index in [1.807, 2.05) is 12.1 Å². The van der Waals surface area contributed by atoms with Crippen LogP contribution in [0.15, 0.2) is 12.1 Å². The molecule has 0 radical (unpaired) electrons. The van der Waals surface area contributed by atoms with Crippen molar-refractivity contribution in [3.8, 4) is 0 Å². The Hall–Kier alpha value is -0.760. The lowest BCUT2D eigenvalue weighted by Gasteiger charge is -2.30. The molecule has 20 heavy (non-hydrogen) atoms. The number of carbonyl (C=O) groups is 2. The van der Waals surface area contributed by atoms with E-state index in [4.69, 9.17) is 21.4 Å². The molecule has 1 aliphatic heterocycles. The largest absolute Gasteiger partial charge is 0.479 e. The van der Waals surface area contributed by atoms with Crippen LogP contribution in [0.1, 0.15) is 4.88 Å². The van der Waals surface area contributed by atoms with Crippen LogP contribution in [0.3, 0.4) is 0 Å². The molecule has 1 unspecified atom stereocenters. The number of ether oxygens (including phenoxy) is 1. The summed E-state index contributed by atoms with van der Waals surface area (Å²) in [5.74, 6) is -0.00639. The second-order valence-electron chi connectivity index (χ2n) is 4.24. The fourth-order valence-electron chi connectivity index (χ4n) is 1.78. The van der Waals surface area contributed by atoms with Crippen molar-refractivity contribution in [3.05, 3.63) is 21.3 Å². The van der Waals surface area contributed by atoms with Gasteiger partial charge in [0.1, 0.15) is 0 Å². The van der Waals surface area contributed by atoms with Gasteiger partial charge in [-0.05, 0) is 12.1 Å². The molecule has 0 saturated carbocycles. The summed E-state index contributed by atoms with van der Waals surface area (Å²) >= 11 is 8.84. The highest BCUT2D eigenvalue weighted by Crippen LogP contribution is 2.25. The smallest absolute Gasteiger partial charge is 0.334 e. The number of rotatable bonds is 5. The maximum atomic E-state index is 12.0. The van der Waals surface area contributed by atoms with E-state index in [9.17, 15) is 9.59 Å². The molecule has 0 aromatic carbocycles. The van der Waals surface area contributed by atoms with Crippen LogP contribution in [0, 0.1) is 0 Å². The number of carboxylic acid groups (broad SMARTS) is 1. The third-order valence-corrected chi connectivity index (χ3v) is 5.17. The van der Waals surface area contributed by atoms with Gasteiger partial charge in [-0.15, -0.1) is 23.1 Å². The van der Waals surface area contributed by atoms with E-state index in [0.717, 1.165) is 15.0 Å². The number of hydrogen-bond acceptors (Lipinski definition) is 5. The van der Waals surface area contributed by atoms with E-state index in [0.29, 0.717) is 12.3 Å². The van der Waals surface area contributed by atoms with Crippen molar-refractivity contribution in [1.82, 2.24) is 4.90 Å². The molecule has 1 atom stereocenters. The van der Waals surface area contributed by atoms with Crippen molar-refractivity contribution in [2.75, 3.05) is 25.4 Å². The lowest BCUT2D eigenvalue weighted by molar-refractivity contribution is -0.158. The van der Waals surface area contributed by atoms with Crippen LogP contribution in [0.4, 0.5) is 0 Å². The summed E-state index contributed by atoms with van der Waals surface area (Å²) in [4.78, 5) is 25.5. The molecule has 1 aromatic rings. The third-order valence-electron chi connectivity index (χ3n) is 2.79. The highest BCUT2D eigenvalue weighted by atomic mass is 35.5. The first-order valence-corrected chi connectivity index (χ1v) is 8.35. The van der Waals surface area contributed by atoms with Gasteiger partial charge in [-0.25, -0.2) is 4.79 Å². The van der Waals surface area contributed by atoms with Gasteiger partial charge in [0.05, 0.1) is 23.2 Å². The molecular formula is C12H14ClNO4S2. The molecule has 110 valence electrons. The molecule has 1 amide bonds. The second-order valence-corrected chi connectivity index (χ2v) is 7.02. The van der Waals surface area contributed by atoms with Crippen molar-refractivity contribution < 1.29 is 19.4 Å². The van der Waals surface area contributed by atoms with Gasteiger partial charge >= 0.3 is 5.97 Å². The van der Waals surface area contributed by atoms with Gasteiger partial charge in [0.15, 0.2) is 6.10 Å². The monoisotopic (exact) mass is 335 g/mol. The third kappa shape index (κ3) is 4.37. The first-order chi connectivity index (χ1) is 9.56. The van der Waals surface area contributed by atoms with E-state index >= 15 is 0 Å². The van der Waals surface area contributed by atoms with Crippen molar-refractivity contribution in [2.45, 2.75) is 11.9 Å². The molecule has 2 rings (SSSR count). The maximum absolute atomic E-state index is 12.0. The average molecular weight is 336 g/mol. The molecule has 0 bridgehead atoms. The van der Waals surface area contributed by atoms with Gasteiger partial charge in [0.25, 0.3) is 0 Å². The summed E-state index contributed by atoms with van der Waals surface area (Å²) in [5, 5.41) is 8.89. The van der Waals surface area contributed by atoms with Crippen molar-refractivity contribution >= 4 is 46.6 Å². The Kier molecular flexibility index (Phi) is 5.71. The summed E-state index contributed by atoms with van der Waals surface area (Å²) in [5.41, 5.74) is 0. The van der Waals surface area contributed by atoms with Crippen molar-refractivity contribution in [2.24, 2.45) is 0 Å². The quantitative estimate of drug-likeness (QED) is 0.890. The molecule has 8 heteroatoms. The first kappa shape index (κ1) is 15.6. The van der Waals surface area contributed by atoms with Crippen LogP contribution in [-0.2, 0) is 20.1 Å². The minimum Gasteiger partial charge on any atom is -0.479 e. The lowest BCUT2D eigenvalue weighted by Crippen LogP contribution is -2.49. The number of thioether (sulfide) groups is 1. The Labute approximate surface area is 129 Å². The summed E-state index contributed by atoms with van der Waals surface area (Å²) in [6.45, 7) is 0.849. The minimum atomic E-state index is -1.02. The zero-order valence-electron chi connectivity index (χ0n) is 10.6. The number of halogens is 1. The van der Waals surface area contributed by atoms with Gasteiger partial charge in [0.2, 0.25) is 5.91 Å². The number of aliphatic carboxylic acids is 1. The molecule has 5 nitrogen and oxygen atoms in total. The topological polar surface area (TPSA) is 66.8 Å². The lowest BCUT2D eigenvalue weighted by atomic mass is 10.3. The molecule has 0 spiro atoms. The van der Waals surface area contributed by atoms with Crippen LogP contribution in [0.5, 0.6) is 0 Å². The van der Waals surface area contributed by atoms with E-state index in [1.165, 1.54) is 23.1 Å². The maximum Gasteiger partial charge on any atom is 0.334 e. The Morgan fingerprint density at radius 1 is 1.55 bits per heavy atom. The number of morpholine rings is 1. The number of nitrogens with zero attached hydrogens (tertiary/aromatic N) is 1. The Bertz CT molecular complexity index is 494. The zero-order chi connectivity index (χ0) is 14.5. The summed E-state index contributed by atoms with van der Waals surface area (Å²) < 4.78 is 5.82. The Morgan fingerprint density at radius 2 is 2.35 bits per heavy atom. The fourth-order valence-corrected chi connectivity index (χ4v) is 3.91. The van der Waals surface area contributed by atoms with Gasteiger partial charge in [-0.1, -0.05) is 11.6 Å². The Balaban J connectivity index is 1.75. The molecule has 0 aliphatic carbocycles. The SMILES string of the molecule is O=C(O)C1CN(C(=O)CSCc2ccc(Cl)s2)CCO1. The number of carboxylic acids is 1. The normalized spacial score (nSPS) is 19.1. The van der Waals surface area contributed by atoms with Gasteiger partial charge in [-0.2, -0.15) is 0 Å². The number of hydrogen-bond donors (Lipinski definition) is 1. The molecule has 1 saturated heterocycles. The predicted molar refractivity (Wildman–Crippen MR) is 79.4 cm³/mol. The van der Waals surface area contributed by atoms with E-state index < -0.39 is 12.1 Å². The van der Waals surface area contributed by atoms with E-state index in [2.05, 4.69) is 0 Å².